The zero-order valence-corrected chi connectivity index (χ0v) is 68.1. The second-order valence-electron chi connectivity index (χ2n) is 27.9. The van der Waals surface area contributed by atoms with E-state index in [1.807, 2.05) is 133 Å². The Morgan fingerprint density at radius 2 is 1.05 bits per heavy atom. The molecule has 19 heterocycles. The lowest BCUT2D eigenvalue weighted by Gasteiger charge is -2.24. The summed E-state index contributed by atoms with van der Waals surface area (Å²) in [6, 6.07) is 27.2. The van der Waals surface area contributed by atoms with Gasteiger partial charge in [-0.2, -0.15) is 15.3 Å². The summed E-state index contributed by atoms with van der Waals surface area (Å²) in [5.74, 6) is 2.73. The van der Waals surface area contributed by atoms with Gasteiger partial charge >= 0.3 is 0 Å². The minimum absolute atomic E-state index is 0.00824. The van der Waals surface area contributed by atoms with E-state index in [4.69, 9.17) is 0 Å². The predicted molar refractivity (Wildman–Crippen MR) is 438 cm³/mol. The van der Waals surface area contributed by atoms with Gasteiger partial charge in [-0.15, -0.1) is 10.2 Å². The maximum Gasteiger partial charge on any atom is 0.257 e. The SMILES string of the molecule is CN1CCc2ccccc2C1=O.CN1CCc2ncccc2C1=O.CN1CCc2ncncc2C1=O.CN1CCn2ncnc2C1.CN1CCn2nncc2C1.CNc1ncc2c(n1)CCN(C)C2=O.CSc1ncc2c(n1)CCN(C)C2=O.Cc1cc2cccnc2nn1.Cc1ccn2nccc2c1.Cc1ncc2ncccc2n1. The average Bonchev–Trinajstić information content (AvgIpc) is 1.36. The molecule has 0 aliphatic carbocycles. The van der Waals surface area contributed by atoms with E-state index in [2.05, 4.69) is 133 Å². The average molecular weight is 1590 g/mol. The third-order valence-electron chi connectivity index (χ3n) is 19.3. The molecule has 1 N–H and O–H groups in total. The highest BCUT2D eigenvalue weighted by molar-refractivity contribution is 7.98. The molecule has 34 nitrogen and oxygen atoms in total. The summed E-state index contributed by atoms with van der Waals surface area (Å²) in [6.45, 7) is 15.7. The Labute approximate surface area is 676 Å². The number of amides is 5. The Kier molecular flexibility index (Phi) is 29.4. The van der Waals surface area contributed by atoms with Crippen LogP contribution in [0.1, 0.15) is 109 Å². The van der Waals surface area contributed by atoms with Gasteiger partial charge in [0.25, 0.3) is 29.5 Å². The molecule has 35 heteroatoms. The molecule has 0 saturated carbocycles. The number of carbonyl (C=O) groups is 5. The number of aromatic nitrogens is 21. The molecule has 0 unspecified atom stereocenters. The Bertz CT molecular complexity index is 5170. The number of anilines is 1. The zero-order valence-electron chi connectivity index (χ0n) is 67.3. The molecule has 12 aromatic heterocycles. The molecule has 600 valence electrons. The lowest BCUT2D eigenvalue weighted by Crippen LogP contribution is -2.35. The Morgan fingerprint density at radius 1 is 0.448 bits per heavy atom. The van der Waals surface area contributed by atoms with Gasteiger partial charge in [-0.1, -0.05) is 35.2 Å². The van der Waals surface area contributed by atoms with E-state index in [1.165, 1.54) is 34.9 Å². The van der Waals surface area contributed by atoms with Crippen molar-refractivity contribution in [2.24, 2.45) is 0 Å². The number of hydrogen-bond acceptors (Lipinski definition) is 27. The second-order valence-corrected chi connectivity index (χ2v) is 28.7. The number of likely N-dealkylation sites (N-methyl/N-ethyl adjacent to an activating group) is 7. The number of aryl methyl sites for hydroxylation is 3. The molecule has 0 saturated heterocycles. The molecule has 5 amide bonds. The van der Waals surface area contributed by atoms with Crippen LogP contribution in [0.2, 0.25) is 0 Å². The molecule has 0 atom stereocenters. The third-order valence-corrected chi connectivity index (χ3v) is 19.9. The fraction of sp³-hybridized carbons (Fsp3) is 0.346. The fourth-order valence-electron chi connectivity index (χ4n) is 12.6. The number of hydrogen-bond donors (Lipinski definition) is 1. The standard InChI is InChI=1S/C10H11NO.C9H12N4O.C9H11N3OS.C9H10N2O.C8H9N3O.2C8H7N3.C8H8N2.2C6H10N4/c1-11-7-6-8-4-2-3-5-9(8)10(11)12;1-10-9-11-5-6-7(12-9)3-4-13(2)8(6)14;1-12-4-3-7-6(8(12)13)5-10-9(11-7)14-2;1-11-6-4-8-7(9(11)12)3-2-5-10-8;1-11-3-2-7-6(8(11)12)4-9-5-10-7;1-6-10-5-8-7(11-6)3-2-4-9-8;1-6-5-7-3-2-4-9-8(7)11-10-6;1-7-3-5-10-8(6-7)2-4-9-10;1-9-2-3-10-6(4-9)7-5-8-10;1-9-2-3-10-6(5-9)4-7-8-10/h2-5H,6-7H2,1H3;5H,3-4H2,1-2H3,(H,10,11,12);5H,3-4H2,1-2H3;2-3,5H,4,6H2,1H3;4-5H,2-3H2,1H3;2*2-5H,1H3;2-6H,1H3;5H,2-4H2,1H3;4H,2-3,5H2,1H3. The molecular weight excluding hydrogens is 1490 g/mol. The summed E-state index contributed by atoms with van der Waals surface area (Å²) in [4.78, 5) is 120. The number of benzene rings is 1. The van der Waals surface area contributed by atoms with Crippen LogP contribution in [0.15, 0.2) is 165 Å². The van der Waals surface area contributed by atoms with Crippen molar-refractivity contribution in [3.8, 4) is 0 Å². The van der Waals surface area contributed by atoms with Crippen LogP contribution in [0.4, 0.5) is 5.95 Å². The van der Waals surface area contributed by atoms with E-state index in [0.29, 0.717) is 28.3 Å². The van der Waals surface area contributed by atoms with Crippen molar-refractivity contribution in [3.63, 3.8) is 0 Å². The first-order valence-electron chi connectivity index (χ1n) is 37.7. The molecule has 13 aromatic rings. The third kappa shape index (κ3) is 22.5. The van der Waals surface area contributed by atoms with E-state index in [0.717, 1.165) is 182 Å². The molecule has 0 spiro atoms. The summed E-state index contributed by atoms with van der Waals surface area (Å²) in [6.07, 6.45) is 26.7. The predicted octanol–water partition coefficient (Wildman–Crippen LogP) is 6.86. The van der Waals surface area contributed by atoms with Gasteiger partial charge in [0.15, 0.2) is 10.8 Å². The lowest BCUT2D eigenvalue weighted by molar-refractivity contribution is 0.0770. The van der Waals surface area contributed by atoms with Crippen LogP contribution >= 0.6 is 11.8 Å². The molecule has 0 radical (unpaired) electrons. The van der Waals surface area contributed by atoms with Crippen LogP contribution in [0.25, 0.3) is 27.6 Å². The van der Waals surface area contributed by atoms with Crippen LogP contribution in [-0.2, 0) is 58.3 Å². The van der Waals surface area contributed by atoms with Crippen molar-refractivity contribution < 1.29 is 24.0 Å². The topological polar surface area (TPSA) is 366 Å². The largest absolute Gasteiger partial charge is 0.357 e. The number of fused-ring (bicyclic) bond motifs is 10. The van der Waals surface area contributed by atoms with Crippen LogP contribution < -0.4 is 5.32 Å². The van der Waals surface area contributed by atoms with Gasteiger partial charge in [-0.05, 0) is 125 Å². The van der Waals surface area contributed by atoms with E-state index >= 15 is 0 Å². The lowest BCUT2D eigenvalue weighted by atomic mass is 10.00. The van der Waals surface area contributed by atoms with Gasteiger partial charge < -0.3 is 29.8 Å². The molecule has 116 heavy (non-hydrogen) atoms. The Morgan fingerprint density at radius 3 is 1.78 bits per heavy atom. The molecule has 7 aliphatic heterocycles. The van der Waals surface area contributed by atoms with Crippen LogP contribution in [0.5, 0.6) is 0 Å². The van der Waals surface area contributed by atoms with Gasteiger partial charge in [-0.3, -0.25) is 43.7 Å². The maximum absolute atomic E-state index is 11.7. The smallest absolute Gasteiger partial charge is 0.257 e. The highest BCUT2D eigenvalue weighted by atomic mass is 32.2. The Hall–Kier alpha value is -13.0. The second kappa shape index (κ2) is 40.6. The van der Waals surface area contributed by atoms with Gasteiger partial charge in [0, 0.05) is 181 Å². The van der Waals surface area contributed by atoms with E-state index in [1.54, 1.807) is 115 Å². The molecule has 20 rings (SSSR count). The number of rotatable bonds is 2. The molecule has 0 fully saturated rings. The highest BCUT2D eigenvalue weighted by Crippen LogP contribution is 2.22. The van der Waals surface area contributed by atoms with Gasteiger partial charge in [-0.25, -0.2) is 63.7 Å². The molecular formula is C81H95N29O5S. The fourth-order valence-corrected chi connectivity index (χ4v) is 12.9. The monoisotopic (exact) mass is 1590 g/mol. The van der Waals surface area contributed by atoms with Crippen LogP contribution in [0.3, 0.4) is 0 Å². The van der Waals surface area contributed by atoms with E-state index in [-0.39, 0.29) is 29.5 Å². The number of thioether (sulfide) groups is 1. The number of nitrogens with one attached hydrogen (secondary N) is 1. The normalized spacial score (nSPS) is 14.8. The summed E-state index contributed by atoms with van der Waals surface area (Å²) in [7, 11) is 15.0. The molecule has 1 aromatic carbocycles. The number of pyridine rings is 4. The summed E-state index contributed by atoms with van der Waals surface area (Å²) in [5, 5.41) is 28.4. The quantitative estimate of drug-likeness (QED) is 0.136. The first-order chi connectivity index (χ1) is 56.1. The highest BCUT2D eigenvalue weighted by Gasteiger charge is 2.27. The molecule has 0 bridgehead atoms. The van der Waals surface area contributed by atoms with Gasteiger partial charge in [0.05, 0.1) is 99.5 Å². The van der Waals surface area contributed by atoms with Crippen molar-refractivity contribution in [1.29, 1.82) is 0 Å². The molecule has 7 aliphatic rings. The van der Waals surface area contributed by atoms with Crippen molar-refractivity contribution in [2.45, 2.75) is 84.2 Å². The summed E-state index contributed by atoms with van der Waals surface area (Å²) < 4.78 is 5.77. The maximum atomic E-state index is 11.7. The zero-order chi connectivity index (χ0) is 82.2. The van der Waals surface area contributed by atoms with Gasteiger partial charge in [0.2, 0.25) is 5.95 Å². The minimum Gasteiger partial charge on any atom is -0.357 e. The van der Waals surface area contributed by atoms with Crippen LogP contribution in [-0.4, -0.2) is 277 Å². The van der Waals surface area contributed by atoms with Crippen molar-refractivity contribution in [3.05, 3.63) is 244 Å². The first kappa shape index (κ1) is 83.9. The Balaban J connectivity index is 0.000000127. The van der Waals surface area contributed by atoms with Crippen molar-refractivity contribution in [1.82, 2.24) is 139 Å². The van der Waals surface area contributed by atoms with Crippen LogP contribution in [0, 0.1) is 20.8 Å². The van der Waals surface area contributed by atoms with E-state index in [9.17, 15) is 24.0 Å². The number of nitrogens with zero attached hydrogens (tertiary/aromatic N) is 28. The first-order valence-corrected chi connectivity index (χ1v) is 39.0. The van der Waals surface area contributed by atoms with Crippen molar-refractivity contribution in [2.75, 3.05) is 114 Å². The minimum atomic E-state index is 0.00824. The van der Waals surface area contributed by atoms with E-state index < -0.39 is 0 Å². The number of carbonyl (C=O) groups excluding carboxylic acids is 5. The van der Waals surface area contributed by atoms with Crippen molar-refractivity contribution >= 4 is 74.8 Å². The van der Waals surface area contributed by atoms with Gasteiger partial charge in [0.1, 0.15) is 29.8 Å². The summed E-state index contributed by atoms with van der Waals surface area (Å²) >= 11 is 1.50. The summed E-state index contributed by atoms with van der Waals surface area (Å²) in [5.41, 5.74) is 15.3.